The summed E-state index contributed by atoms with van der Waals surface area (Å²) in [5.41, 5.74) is 3.97. The van der Waals surface area contributed by atoms with E-state index in [2.05, 4.69) is 26.5 Å². The SMILES string of the molecule is CC(=NNC(=O)COc1cccc(Br)c1)c1ccc2c(c1)OCO2. The molecule has 0 radical (unpaired) electrons. The van der Waals surface area contributed by atoms with Crippen LogP contribution in [-0.4, -0.2) is 25.0 Å². The standard InChI is InChI=1S/C17H15BrN2O4/c1-11(12-5-6-15-16(7-12)24-10-23-15)19-20-17(21)9-22-14-4-2-3-13(18)8-14/h2-8H,9-10H2,1H3,(H,20,21). The second kappa shape index (κ2) is 7.35. The van der Waals surface area contributed by atoms with Gasteiger partial charge in [-0.25, -0.2) is 5.43 Å². The predicted molar refractivity (Wildman–Crippen MR) is 92.6 cm³/mol. The van der Waals surface area contributed by atoms with Crippen LogP contribution in [0.3, 0.4) is 0 Å². The second-order valence-electron chi connectivity index (χ2n) is 5.05. The van der Waals surface area contributed by atoms with E-state index in [4.69, 9.17) is 14.2 Å². The van der Waals surface area contributed by atoms with Crippen molar-refractivity contribution in [2.75, 3.05) is 13.4 Å². The summed E-state index contributed by atoms with van der Waals surface area (Å²) in [5.74, 6) is 1.65. The van der Waals surface area contributed by atoms with Crippen molar-refractivity contribution in [3.63, 3.8) is 0 Å². The lowest BCUT2D eigenvalue weighted by Crippen LogP contribution is -2.25. The molecule has 7 heteroatoms. The van der Waals surface area contributed by atoms with Crippen molar-refractivity contribution in [2.24, 2.45) is 5.10 Å². The molecule has 0 atom stereocenters. The van der Waals surface area contributed by atoms with E-state index in [0.29, 0.717) is 23.0 Å². The van der Waals surface area contributed by atoms with Crippen LogP contribution in [0.4, 0.5) is 0 Å². The Bertz CT molecular complexity index is 792. The molecule has 3 rings (SSSR count). The van der Waals surface area contributed by atoms with Gasteiger partial charge in [-0.2, -0.15) is 5.10 Å². The smallest absolute Gasteiger partial charge is 0.277 e. The van der Waals surface area contributed by atoms with E-state index in [9.17, 15) is 4.79 Å². The van der Waals surface area contributed by atoms with Crippen molar-refractivity contribution < 1.29 is 19.0 Å². The van der Waals surface area contributed by atoms with Gasteiger partial charge in [-0.3, -0.25) is 4.79 Å². The fraction of sp³-hybridized carbons (Fsp3) is 0.176. The lowest BCUT2D eigenvalue weighted by atomic mass is 10.1. The first-order valence-corrected chi connectivity index (χ1v) is 8.02. The lowest BCUT2D eigenvalue weighted by molar-refractivity contribution is -0.123. The molecule has 124 valence electrons. The predicted octanol–water partition coefficient (Wildman–Crippen LogP) is 3.10. The summed E-state index contributed by atoms with van der Waals surface area (Å²) in [6.45, 7) is 1.90. The van der Waals surface area contributed by atoms with E-state index < -0.39 is 0 Å². The molecule has 0 saturated heterocycles. The minimum absolute atomic E-state index is 0.117. The third-order valence-electron chi connectivity index (χ3n) is 3.30. The molecule has 2 aromatic carbocycles. The Labute approximate surface area is 147 Å². The summed E-state index contributed by atoms with van der Waals surface area (Å²) in [6.07, 6.45) is 0. The zero-order valence-corrected chi connectivity index (χ0v) is 14.5. The number of nitrogens with one attached hydrogen (secondary N) is 1. The van der Waals surface area contributed by atoms with Gasteiger partial charge >= 0.3 is 0 Å². The van der Waals surface area contributed by atoms with Gasteiger partial charge in [0.2, 0.25) is 6.79 Å². The summed E-state index contributed by atoms with van der Waals surface area (Å²) >= 11 is 3.34. The van der Waals surface area contributed by atoms with Crippen LogP contribution >= 0.6 is 15.9 Å². The molecule has 1 aliphatic rings. The molecule has 24 heavy (non-hydrogen) atoms. The molecule has 1 N–H and O–H groups in total. The molecule has 1 heterocycles. The largest absolute Gasteiger partial charge is 0.484 e. The molecule has 0 bridgehead atoms. The molecule has 6 nitrogen and oxygen atoms in total. The van der Waals surface area contributed by atoms with E-state index in [1.807, 2.05) is 30.3 Å². The maximum absolute atomic E-state index is 11.8. The summed E-state index contributed by atoms with van der Waals surface area (Å²) in [4.78, 5) is 11.8. The quantitative estimate of drug-likeness (QED) is 0.628. The Morgan fingerprint density at radius 3 is 2.92 bits per heavy atom. The third kappa shape index (κ3) is 4.05. The third-order valence-corrected chi connectivity index (χ3v) is 3.80. The number of carbonyl (C=O) groups is 1. The first-order valence-electron chi connectivity index (χ1n) is 7.23. The molecule has 0 fully saturated rings. The number of hydrazone groups is 1. The van der Waals surface area contributed by atoms with E-state index in [1.54, 1.807) is 19.1 Å². The average Bonchev–Trinajstić information content (AvgIpc) is 3.05. The van der Waals surface area contributed by atoms with Crippen LogP contribution in [0.15, 0.2) is 52.0 Å². The Hall–Kier alpha value is -2.54. The molecule has 0 spiro atoms. The number of nitrogens with zero attached hydrogens (tertiary/aromatic N) is 1. The molecule has 0 aliphatic carbocycles. The minimum atomic E-state index is -0.338. The maximum atomic E-state index is 11.8. The number of hydrogen-bond acceptors (Lipinski definition) is 5. The topological polar surface area (TPSA) is 69.2 Å². The van der Waals surface area contributed by atoms with Gasteiger partial charge in [0.05, 0.1) is 5.71 Å². The number of benzene rings is 2. The first kappa shape index (κ1) is 16.3. The van der Waals surface area contributed by atoms with E-state index >= 15 is 0 Å². The van der Waals surface area contributed by atoms with Crippen molar-refractivity contribution in [3.05, 3.63) is 52.5 Å². The van der Waals surface area contributed by atoms with Crippen LogP contribution in [0.5, 0.6) is 17.2 Å². The molecule has 0 unspecified atom stereocenters. The molecule has 1 aliphatic heterocycles. The zero-order valence-electron chi connectivity index (χ0n) is 12.9. The van der Waals surface area contributed by atoms with Crippen LogP contribution in [0.2, 0.25) is 0 Å². The Balaban J connectivity index is 1.55. The van der Waals surface area contributed by atoms with Crippen molar-refractivity contribution in [1.29, 1.82) is 0 Å². The van der Waals surface area contributed by atoms with Crippen LogP contribution in [0.1, 0.15) is 12.5 Å². The second-order valence-corrected chi connectivity index (χ2v) is 5.96. The number of rotatable bonds is 5. The fourth-order valence-electron chi connectivity index (χ4n) is 2.07. The molecule has 0 saturated carbocycles. The molecule has 0 aromatic heterocycles. The summed E-state index contributed by atoms with van der Waals surface area (Å²) < 4.78 is 16.9. The highest BCUT2D eigenvalue weighted by Gasteiger charge is 2.14. The molecule has 2 aromatic rings. The van der Waals surface area contributed by atoms with Gasteiger partial charge in [-0.15, -0.1) is 0 Å². The molecule has 1 amide bonds. The van der Waals surface area contributed by atoms with Crippen molar-refractivity contribution >= 4 is 27.5 Å². The summed E-state index contributed by atoms with van der Waals surface area (Å²) in [7, 11) is 0. The maximum Gasteiger partial charge on any atom is 0.277 e. The van der Waals surface area contributed by atoms with Crippen molar-refractivity contribution in [1.82, 2.24) is 5.43 Å². The fourth-order valence-corrected chi connectivity index (χ4v) is 2.45. The van der Waals surface area contributed by atoms with Gasteiger partial charge in [0.25, 0.3) is 5.91 Å². The van der Waals surface area contributed by atoms with Crippen molar-refractivity contribution in [2.45, 2.75) is 6.92 Å². The van der Waals surface area contributed by atoms with Crippen LogP contribution in [0.25, 0.3) is 0 Å². The van der Waals surface area contributed by atoms with Gasteiger partial charge in [0, 0.05) is 10.0 Å². The van der Waals surface area contributed by atoms with Crippen molar-refractivity contribution in [3.8, 4) is 17.2 Å². The number of hydrogen-bond donors (Lipinski definition) is 1. The number of amides is 1. The van der Waals surface area contributed by atoms with Gasteiger partial charge in [0.1, 0.15) is 5.75 Å². The van der Waals surface area contributed by atoms with Gasteiger partial charge < -0.3 is 14.2 Å². The normalized spacial score (nSPS) is 12.8. The Morgan fingerprint density at radius 2 is 2.08 bits per heavy atom. The molecular weight excluding hydrogens is 376 g/mol. The van der Waals surface area contributed by atoms with Gasteiger partial charge in [-0.05, 0) is 43.3 Å². The van der Waals surface area contributed by atoms with Gasteiger partial charge in [0.15, 0.2) is 18.1 Å². The minimum Gasteiger partial charge on any atom is -0.484 e. The highest BCUT2D eigenvalue weighted by atomic mass is 79.9. The van der Waals surface area contributed by atoms with Crippen LogP contribution in [0, 0.1) is 0 Å². The average molecular weight is 391 g/mol. The van der Waals surface area contributed by atoms with E-state index in [0.717, 1.165) is 10.0 Å². The number of carbonyl (C=O) groups excluding carboxylic acids is 1. The number of halogens is 1. The number of fused-ring (bicyclic) bond motifs is 1. The Morgan fingerprint density at radius 1 is 1.25 bits per heavy atom. The lowest BCUT2D eigenvalue weighted by Gasteiger charge is -2.06. The van der Waals surface area contributed by atoms with E-state index in [-0.39, 0.29) is 19.3 Å². The van der Waals surface area contributed by atoms with E-state index in [1.165, 1.54) is 0 Å². The highest BCUT2D eigenvalue weighted by Crippen LogP contribution is 2.32. The Kier molecular flexibility index (Phi) is 5.00. The number of ether oxygens (including phenoxy) is 3. The monoisotopic (exact) mass is 390 g/mol. The summed E-state index contributed by atoms with van der Waals surface area (Å²) in [6, 6.07) is 12.8. The summed E-state index contributed by atoms with van der Waals surface area (Å²) in [5, 5.41) is 4.08. The highest BCUT2D eigenvalue weighted by molar-refractivity contribution is 9.10. The zero-order chi connectivity index (χ0) is 16.9. The first-order chi connectivity index (χ1) is 11.6. The molecular formula is C17H15BrN2O4. The van der Waals surface area contributed by atoms with Crippen LogP contribution in [-0.2, 0) is 4.79 Å². The van der Waals surface area contributed by atoms with Gasteiger partial charge in [-0.1, -0.05) is 22.0 Å². The van der Waals surface area contributed by atoms with Crippen LogP contribution < -0.4 is 19.6 Å².